The number of ether oxygens (including phenoxy) is 1. The summed E-state index contributed by atoms with van der Waals surface area (Å²) in [7, 11) is 0. The first-order valence-corrected chi connectivity index (χ1v) is 10.3. The van der Waals surface area contributed by atoms with Gasteiger partial charge < -0.3 is 14.5 Å². The summed E-state index contributed by atoms with van der Waals surface area (Å²) in [5.74, 6) is -2.11. The molecule has 1 N–H and O–H groups in total. The fraction of sp³-hybridized carbons (Fsp3) is 0.0769. The number of nitrogens with one attached hydrogen (secondary N) is 1. The SMILES string of the molecule is CC(OC(=O)c1cc2ccccc2o1)C(=O)Nc1cccc2c1C(=O)c1ccccc1C2=O. The molecule has 1 aromatic heterocycles. The number of fused-ring (bicyclic) bond motifs is 3. The van der Waals surface area contributed by atoms with E-state index in [1.54, 1.807) is 54.6 Å². The van der Waals surface area contributed by atoms with E-state index in [1.165, 1.54) is 19.1 Å². The lowest BCUT2D eigenvalue weighted by atomic mass is 9.83. The molecular weight excluding hydrogens is 422 g/mol. The van der Waals surface area contributed by atoms with E-state index < -0.39 is 18.0 Å². The Morgan fingerprint density at radius 3 is 2.27 bits per heavy atom. The number of para-hydroxylation sites is 1. The predicted molar refractivity (Wildman–Crippen MR) is 119 cm³/mol. The van der Waals surface area contributed by atoms with Crippen molar-refractivity contribution in [1.82, 2.24) is 0 Å². The van der Waals surface area contributed by atoms with Gasteiger partial charge >= 0.3 is 5.97 Å². The van der Waals surface area contributed by atoms with Gasteiger partial charge in [0.05, 0.1) is 11.3 Å². The molecule has 4 aromatic rings. The molecule has 1 aliphatic rings. The summed E-state index contributed by atoms with van der Waals surface area (Å²) < 4.78 is 10.7. The van der Waals surface area contributed by atoms with Crippen molar-refractivity contribution < 1.29 is 28.3 Å². The van der Waals surface area contributed by atoms with E-state index in [0.29, 0.717) is 11.1 Å². The molecule has 0 aliphatic heterocycles. The predicted octanol–water partition coefficient (Wildman–Crippen LogP) is 4.39. The maximum absolute atomic E-state index is 13.1. The van der Waals surface area contributed by atoms with Crippen LogP contribution in [0.15, 0.2) is 77.2 Å². The molecule has 1 heterocycles. The lowest BCUT2D eigenvalue weighted by Crippen LogP contribution is -2.31. The highest BCUT2D eigenvalue weighted by molar-refractivity contribution is 6.30. The van der Waals surface area contributed by atoms with Crippen LogP contribution in [0.4, 0.5) is 5.69 Å². The average Bonchev–Trinajstić information content (AvgIpc) is 3.27. The second-order valence-electron chi connectivity index (χ2n) is 7.62. The smallest absolute Gasteiger partial charge is 0.375 e. The summed E-state index contributed by atoms with van der Waals surface area (Å²) >= 11 is 0. The third kappa shape index (κ3) is 3.49. The van der Waals surface area contributed by atoms with E-state index in [1.807, 2.05) is 6.07 Å². The minimum Gasteiger partial charge on any atom is -0.449 e. The van der Waals surface area contributed by atoms with E-state index in [-0.39, 0.29) is 39.7 Å². The minimum absolute atomic E-state index is 0.0229. The van der Waals surface area contributed by atoms with Gasteiger partial charge in [0.1, 0.15) is 5.58 Å². The highest BCUT2D eigenvalue weighted by atomic mass is 16.6. The number of rotatable bonds is 4. The van der Waals surface area contributed by atoms with Gasteiger partial charge in [-0.15, -0.1) is 0 Å². The quantitative estimate of drug-likeness (QED) is 0.417. The fourth-order valence-corrected chi connectivity index (χ4v) is 3.84. The van der Waals surface area contributed by atoms with E-state index in [2.05, 4.69) is 5.32 Å². The highest BCUT2D eigenvalue weighted by Crippen LogP contribution is 2.32. The Bertz CT molecular complexity index is 1430. The van der Waals surface area contributed by atoms with Gasteiger partial charge in [-0.05, 0) is 25.1 Å². The van der Waals surface area contributed by atoms with Crippen LogP contribution in [-0.2, 0) is 9.53 Å². The fourth-order valence-electron chi connectivity index (χ4n) is 3.84. The number of hydrogen-bond acceptors (Lipinski definition) is 6. The van der Waals surface area contributed by atoms with Crippen molar-refractivity contribution in [3.05, 3.63) is 101 Å². The summed E-state index contributed by atoms with van der Waals surface area (Å²) in [4.78, 5) is 51.1. The number of ketones is 2. The Hall–Kier alpha value is -4.52. The maximum atomic E-state index is 13.1. The number of anilines is 1. The Balaban J connectivity index is 1.36. The molecule has 5 rings (SSSR count). The lowest BCUT2D eigenvalue weighted by molar-refractivity contribution is -0.123. The Morgan fingerprint density at radius 1 is 0.848 bits per heavy atom. The number of furan rings is 1. The van der Waals surface area contributed by atoms with Crippen molar-refractivity contribution in [2.75, 3.05) is 5.32 Å². The molecular formula is C26H17NO6. The topological polar surface area (TPSA) is 103 Å². The van der Waals surface area contributed by atoms with Crippen LogP contribution in [0.3, 0.4) is 0 Å². The molecule has 162 valence electrons. The van der Waals surface area contributed by atoms with Gasteiger partial charge in [0, 0.05) is 22.1 Å². The third-order valence-corrected chi connectivity index (χ3v) is 5.49. The molecule has 1 atom stereocenters. The molecule has 0 saturated carbocycles. The van der Waals surface area contributed by atoms with Gasteiger partial charge in [-0.3, -0.25) is 14.4 Å². The molecule has 1 amide bonds. The van der Waals surface area contributed by atoms with Crippen LogP contribution >= 0.6 is 0 Å². The molecule has 0 spiro atoms. The van der Waals surface area contributed by atoms with Crippen LogP contribution in [0, 0.1) is 0 Å². The minimum atomic E-state index is -1.18. The first-order valence-electron chi connectivity index (χ1n) is 10.3. The van der Waals surface area contributed by atoms with Gasteiger partial charge in [-0.25, -0.2) is 4.79 Å². The van der Waals surface area contributed by atoms with Crippen LogP contribution in [0.5, 0.6) is 0 Å². The van der Waals surface area contributed by atoms with Gasteiger partial charge in [-0.1, -0.05) is 54.6 Å². The zero-order valence-corrected chi connectivity index (χ0v) is 17.5. The maximum Gasteiger partial charge on any atom is 0.375 e. The summed E-state index contributed by atoms with van der Waals surface area (Å²) in [5.41, 5.74) is 1.64. The van der Waals surface area contributed by atoms with E-state index in [9.17, 15) is 19.2 Å². The van der Waals surface area contributed by atoms with Crippen molar-refractivity contribution >= 4 is 40.1 Å². The first kappa shape index (κ1) is 20.4. The summed E-state index contributed by atoms with van der Waals surface area (Å²) in [6, 6.07) is 19.9. The Labute approximate surface area is 188 Å². The first-order chi connectivity index (χ1) is 15.9. The monoisotopic (exact) mass is 439 g/mol. The van der Waals surface area contributed by atoms with Crippen molar-refractivity contribution in [2.24, 2.45) is 0 Å². The molecule has 0 bridgehead atoms. The molecule has 1 unspecified atom stereocenters. The number of esters is 1. The van der Waals surface area contributed by atoms with Gasteiger partial charge in [0.15, 0.2) is 17.7 Å². The molecule has 0 fully saturated rings. The van der Waals surface area contributed by atoms with Crippen molar-refractivity contribution in [2.45, 2.75) is 13.0 Å². The van der Waals surface area contributed by atoms with Gasteiger partial charge in [-0.2, -0.15) is 0 Å². The normalized spacial score (nSPS) is 13.2. The van der Waals surface area contributed by atoms with Crippen molar-refractivity contribution in [3.8, 4) is 0 Å². The molecule has 7 nitrogen and oxygen atoms in total. The van der Waals surface area contributed by atoms with Crippen LogP contribution < -0.4 is 5.32 Å². The number of carbonyl (C=O) groups excluding carboxylic acids is 4. The lowest BCUT2D eigenvalue weighted by Gasteiger charge is -2.21. The molecule has 33 heavy (non-hydrogen) atoms. The average molecular weight is 439 g/mol. The number of hydrogen-bond donors (Lipinski definition) is 1. The Morgan fingerprint density at radius 2 is 1.52 bits per heavy atom. The molecule has 7 heteroatoms. The second-order valence-corrected chi connectivity index (χ2v) is 7.62. The van der Waals surface area contributed by atoms with Crippen molar-refractivity contribution in [1.29, 1.82) is 0 Å². The summed E-state index contributed by atoms with van der Waals surface area (Å²) in [6.07, 6.45) is -1.18. The highest BCUT2D eigenvalue weighted by Gasteiger charge is 2.32. The largest absolute Gasteiger partial charge is 0.449 e. The third-order valence-electron chi connectivity index (χ3n) is 5.49. The Kier molecular flexibility index (Phi) is 4.86. The molecule has 0 saturated heterocycles. The number of carbonyl (C=O) groups is 4. The van der Waals surface area contributed by atoms with E-state index >= 15 is 0 Å². The number of benzene rings is 3. The number of amides is 1. The van der Waals surface area contributed by atoms with Crippen LogP contribution in [0.2, 0.25) is 0 Å². The zero-order valence-electron chi connectivity index (χ0n) is 17.5. The summed E-state index contributed by atoms with van der Waals surface area (Å²) in [6.45, 7) is 1.41. The molecule has 0 radical (unpaired) electrons. The molecule has 1 aliphatic carbocycles. The van der Waals surface area contributed by atoms with Gasteiger partial charge in [0.25, 0.3) is 5.91 Å². The van der Waals surface area contributed by atoms with Gasteiger partial charge in [0.2, 0.25) is 5.76 Å². The zero-order chi connectivity index (χ0) is 23.1. The van der Waals surface area contributed by atoms with Crippen LogP contribution in [-0.4, -0.2) is 29.5 Å². The standard InChI is InChI=1S/C26H17NO6/c1-14(32-26(31)21-13-15-7-2-5-12-20(15)33-21)25(30)27-19-11-6-10-18-22(19)24(29)17-9-4-3-8-16(17)23(18)28/h2-14H,1H3,(H,27,30). The van der Waals surface area contributed by atoms with Crippen molar-refractivity contribution in [3.63, 3.8) is 0 Å². The van der Waals surface area contributed by atoms with Crippen LogP contribution in [0.1, 0.15) is 49.3 Å². The second kappa shape index (κ2) is 7.87. The van der Waals surface area contributed by atoms with E-state index in [4.69, 9.17) is 9.15 Å². The van der Waals surface area contributed by atoms with E-state index in [0.717, 1.165) is 5.39 Å². The van der Waals surface area contributed by atoms with Crippen LogP contribution in [0.25, 0.3) is 11.0 Å². The summed E-state index contributed by atoms with van der Waals surface area (Å²) in [5, 5.41) is 3.35. The molecule has 3 aromatic carbocycles.